The highest BCUT2D eigenvalue weighted by Gasteiger charge is 2.21. The summed E-state index contributed by atoms with van der Waals surface area (Å²) in [7, 11) is 0. The quantitative estimate of drug-likeness (QED) is 0.695. The number of benzene rings is 1. The highest BCUT2D eigenvalue weighted by Crippen LogP contribution is 2.31. The SMILES string of the molecule is O=C1COc2cc(C(O)C(O)CCl)ccc2N1. The van der Waals surface area contributed by atoms with Crippen molar-refractivity contribution < 1.29 is 19.7 Å². The predicted molar refractivity (Wildman–Crippen MR) is 62.3 cm³/mol. The minimum Gasteiger partial charge on any atom is -0.482 e. The molecule has 17 heavy (non-hydrogen) atoms. The summed E-state index contributed by atoms with van der Waals surface area (Å²) in [5.41, 5.74) is 1.05. The fourth-order valence-electron chi connectivity index (χ4n) is 1.58. The number of alkyl halides is 1. The molecular weight excluding hydrogens is 246 g/mol. The van der Waals surface area contributed by atoms with Gasteiger partial charge in [0.05, 0.1) is 17.7 Å². The number of aliphatic hydroxyl groups excluding tert-OH is 2. The summed E-state index contributed by atoms with van der Waals surface area (Å²) in [5, 5.41) is 21.8. The van der Waals surface area contributed by atoms with Gasteiger partial charge >= 0.3 is 0 Å². The lowest BCUT2D eigenvalue weighted by Crippen LogP contribution is -2.26. The van der Waals surface area contributed by atoms with Crippen molar-refractivity contribution in [1.82, 2.24) is 0 Å². The van der Waals surface area contributed by atoms with Gasteiger partial charge in [-0.2, -0.15) is 0 Å². The number of halogens is 1. The van der Waals surface area contributed by atoms with E-state index in [0.29, 0.717) is 17.0 Å². The third kappa shape index (κ3) is 2.52. The van der Waals surface area contributed by atoms with Gasteiger partial charge in [0.1, 0.15) is 11.9 Å². The fourth-order valence-corrected chi connectivity index (χ4v) is 1.75. The second-order valence-corrected chi connectivity index (χ2v) is 4.07. The van der Waals surface area contributed by atoms with Crippen molar-refractivity contribution in [1.29, 1.82) is 0 Å². The topological polar surface area (TPSA) is 78.8 Å². The highest BCUT2D eigenvalue weighted by molar-refractivity contribution is 6.18. The Morgan fingerprint density at radius 3 is 2.94 bits per heavy atom. The van der Waals surface area contributed by atoms with E-state index in [9.17, 15) is 15.0 Å². The summed E-state index contributed by atoms with van der Waals surface area (Å²) in [6.45, 7) is -0.0510. The number of carbonyl (C=O) groups excluding carboxylic acids is 1. The Kier molecular flexibility index (Phi) is 3.51. The van der Waals surface area contributed by atoms with Crippen molar-refractivity contribution in [3.8, 4) is 5.75 Å². The maximum atomic E-state index is 11.1. The number of anilines is 1. The number of amides is 1. The number of rotatable bonds is 3. The number of ether oxygens (including phenoxy) is 1. The molecule has 0 radical (unpaired) electrons. The summed E-state index contributed by atoms with van der Waals surface area (Å²) < 4.78 is 5.20. The average Bonchev–Trinajstić information content (AvgIpc) is 2.36. The maximum Gasteiger partial charge on any atom is 0.262 e. The summed E-state index contributed by atoms with van der Waals surface area (Å²) in [6, 6.07) is 4.80. The van der Waals surface area contributed by atoms with E-state index in [2.05, 4.69) is 5.32 Å². The van der Waals surface area contributed by atoms with Crippen molar-refractivity contribution in [2.75, 3.05) is 17.8 Å². The summed E-state index contributed by atoms with van der Waals surface area (Å²) in [4.78, 5) is 11.1. The minimum atomic E-state index is -1.07. The van der Waals surface area contributed by atoms with Crippen LogP contribution in [-0.4, -0.2) is 34.7 Å². The van der Waals surface area contributed by atoms with E-state index in [1.807, 2.05) is 0 Å². The second-order valence-electron chi connectivity index (χ2n) is 3.76. The molecule has 5 nitrogen and oxygen atoms in total. The van der Waals surface area contributed by atoms with Crippen LogP contribution in [0.5, 0.6) is 5.75 Å². The first-order valence-corrected chi connectivity index (χ1v) is 5.64. The molecule has 6 heteroatoms. The van der Waals surface area contributed by atoms with E-state index >= 15 is 0 Å². The van der Waals surface area contributed by atoms with Crippen molar-refractivity contribution >= 4 is 23.2 Å². The number of carbonyl (C=O) groups is 1. The molecular formula is C11H12ClNO4. The lowest BCUT2D eigenvalue weighted by Gasteiger charge is -2.21. The maximum absolute atomic E-state index is 11.1. The van der Waals surface area contributed by atoms with Crippen LogP contribution in [0.2, 0.25) is 0 Å². The Morgan fingerprint density at radius 2 is 2.24 bits per heavy atom. The number of aliphatic hydroxyl groups is 2. The molecule has 2 rings (SSSR count). The molecule has 0 aromatic heterocycles. The fraction of sp³-hybridized carbons (Fsp3) is 0.364. The van der Waals surface area contributed by atoms with E-state index in [1.165, 1.54) is 0 Å². The minimum absolute atomic E-state index is 0.0510. The molecule has 1 aromatic carbocycles. The first-order chi connectivity index (χ1) is 8.11. The van der Waals surface area contributed by atoms with Crippen LogP contribution in [0.3, 0.4) is 0 Å². The van der Waals surface area contributed by atoms with Crippen LogP contribution in [0.25, 0.3) is 0 Å². The van der Waals surface area contributed by atoms with Gasteiger partial charge in [-0.3, -0.25) is 4.79 Å². The van der Waals surface area contributed by atoms with E-state index < -0.39 is 12.2 Å². The molecule has 1 heterocycles. The second kappa shape index (κ2) is 4.91. The molecule has 92 valence electrons. The molecule has 0 bridgehead atoms. The van der Waals surface area contributed by atoms with Crippen molar-refractivity contribution in [2.24, 2.45) is 0 Å². The molecule has 0 aliphatic carbocycles. The van der Waals surface area contributed by atoms with Crippen LogP contribution in [-0.2, 0) is 4.79 Å². The monoisotopic (exact) mass is 257 g/mol. The van der Waals surface area contributed by atoms with Crippen LogP contribution in [0.1, 0.15) is 11.7 Å². The Labute approximate surface area is 103 Å². The molecule has 1 aliphatic rings. The number of fused-ring (bicyclic) bond motifs is 1. The van der Waals surface area contributed by atoms with E-state index in [-0.39, 0.29) is 18.4 Å². The summed E-state index contributed by atoms with van der Waals surface area (Å²) in [5.74, 6) is 0.199. The molecule has 2 atom stereocenters. The lowest BCUT2D eigenvalue weighted by atomic mass is 10.0. The molecule has 3 N–H and O–H groups in total. The molecule has 1 aliphatic heterocycles. The van der Waals surface area contributed by atoms with Crippen LogP contribution >= 0.6 is 11.6 Å². The molecule has 0 spiro atoms. The number of hydrogen-bond acceptors (Lipinski definition) is 4. The predicted octanol–water partition coefficient (Wildman–Crippen LogP) is 0.651. The van der Waals surface area contributed by atoms with E-state index in [4.69, 9.17) is 16.3 Å². The lowest BCUT2D eigenvalue weighted by molar-refractivity contribution is -0.118. The highest BCUT2D eigenvalue weighted by atomic mass is 35.5. The van der Waals surface area contributed by atoms with Crippen LogP contribution in [0.15, 0.2) is 18.2 Å². The van der Waals surface area contributed by atoms with E-state index in [1.54, 1.807) is 18.2 Å². The first-order valence-electron chi connectivity index (χ1n) is 5.10. The van der Waals surface area contributed by atoms with Crippen LogP contribution < -0.4 is 10.1 Å². The molecule has 1 amide bonds. The number of hydrogen-bond donors (Lipinski definition) is 3. The molecule has 0 saturated heterocycles. The summed E-state index contributed by atoms with van der Waals surface area (Å²) >= 11 is 5.46. The summed E-state index contributed by atoms with van der Waals surface area (Å²) in [6.07, 6.45) is -2.10. The third-order valence-corrected chi connectivity index (χ3v) is 2.82. The van der Waals surface area contributed by atoms with Crippen LogP contribution in [0, 0.1) is 0 Å². The van der Waals surface area contributed by atoms with Gasteiger partial charge in [-0.1, -0.05) is 6.07 Å². The molecule has 1 aromatic rings. The normalized spacial score (nSPS) is 17.7. The zero-order chi connectivity index (χ0) is 12.4. The molecule has 0 fully saturated rings. The van der Waals surface area contributed by atoms with Crippen LogP contribution in [0.4, 0.5) is 5.69 Å². The number of nitrogens with one attached hydrogen (secondary N) is 1. The molecule has 2 unspecified atom stereocenters. The Balaban J connectivity index is 2.24. The van der Waals surface area contributed by atoms with Gasteiger partial charge in [-0.15, -0.1) is 11.6 Å². The molecule has 0 saturated carbocycles. The zero-order valence-electron chi connectivity index (χ0n) is 8.89. The van der Waals surface area contributed by atoms with Crippen molar-refractivity contribution in [3.63, 3.8) is 0 Å². The van der Waals surface area contributed by atoms with Gasteiger partial charge in [-0.05, 0) is 17.7 Å². The van der Waals surface area contributed by atoms with Crippen molar-refractivity contribution in [3.05, 3.63) is 23.8 Å². The van der Waals surface area contributed by atoms with Gasteiger partial charge in [0.15, 0.2) is 6.61 Å². The largest absolute Gasteiger partial charge is 0.482 e. The third-order valence-electron chi connectivity index (χ3n) is 2.50. The van der Waals surface area contributed by atoms with Crippen molar-refractivity contribution in [2.45, 2.75) is 12.2 Å². The zero-order valence-corrected chi connectivity index (χ0v) is 9.65. The van der Waals surface area contributed by atoms with E-state index in [0.717, 1.165) is 0 Å². The first kappa shape index (κ1) is 12.2. The smallest absolute Gasteiger partial charge is 0.262 e. The van der Waals surface area contributed by atoms with Gasteiger partial charge < -0.3 is 20.3 Å². The Bertz CT molecular complexity index is 437. The standard InChI is InChI=1S/C11H12ClNO4/c12-4-8(14)11(16)6-1-2-7-9(3-6)17-5-10(15)13-7/h1-3,8,11,14,16H,4-5H2,(H,13,15). The van der Waals surface area contributed by atoms with Gasteiger partial charge in [0.25, 0.3) is 5.91 Å². The Hall–Kier alpha value is -1.30. The van der Waals surface area contributed by atoms with Gasteiger partial charge in [0, 0.05) is 0 Å². The Morgan fingerprint density at radius 1 is 1.47 bits per heavy atom. The average molecular weight is 258 g/mol. The van der Waals surface area contributed by atoms with Gasteiger partial charge in [-0.25, -0.2) is 0 Å². The van der Waals surface area contributed by atoms with Gasteiger partial charge in [0.2, 0.25) is 0 Å².